The predicted octanol–water partition coefficient (Wildman–Crippen LogP) is 4.57. The Hall–Kier alpha value is -0.530. The zero-order chi connectivity index (χ0) is 14.5. The van der Waals surface area contributed by atoms with E-state index in [0.29, 0.717) is 11.8 Å². The van der Waals surface area contributed by atoms with Crippen LogP contribution >= 0.6 is 0 Å². The monoisotopic (exact) mass is 278 g/mol. The average Bonchev–Trinajstić information content (AvgIpc) is 2.62. The summed E-state index contributed by atoms with van der Waals surface area (Å²) in [6.07, 6.45) is 8.60. The summed E-state index contributed by atoms with van der Waals surface area (Å²) in [6.45, 7) is 8.36. The summed E-state index contributed by atoms with van der Waals surface area (Å²) < 4.78 is 6.28. The van der Waals surface area contributed by atoms with E-state index in [9.17, 15) is 4.79 Å². The van der Waals surface area contributed by atoms with Crippen LogP contribution in [-0.4, -0.2) is 11.6 Å². The third-order valence-electron chi connectivity index (χ3n) is 6.90. The second kappa shape index (κ2) is 4.74. The van der Waals surface area contributed by atoms with Crippen LogP contribution in [0.3, 0.4) is 0 Å². The summed E-state index contributed by atoms with van der Waals surface area (Å²) in [4.78, 5) is 12.6. The predicted molar refractivity (Wildman–Crippen MR) is 80.2 cm³/mol. The molecule has 3 fully saturated rings. The summed E-state index contributed by atoms with van der Waals surface area (Å²) in [5, 5.41) is 0. The second-order valence-electron chi connectivity index (χ2n) is 8.15. The van der Waals surface area contributed by atoms with Crippen LogP contribution in [0.2, 0.25) is 0 Å². The van der Waals surface area contributed by atoms with Crippen molar-refractivity contribution >= 4 is 5.97 Å². The molecule has 3 saturated carbocycles. The first-order chi connectivity index (χ1) is 9.43. The number of carbonyl (C=O) groups is 1. The molecule has 5 atom stereocenters. The van der Waals surface area contributed by atoms with Gasteiger partial charge in [-0.2, -0.15) is 0 Å². The first-order valence-corrected chi connectivity index (χ1v) is 8.66. The lowest BCUT2D eigenvalue weighted by Crippen LogP contribution is -2.51. The fourth-order valence-electron chi connectivity index (χ4n) is 5.22. The van der Waals surface area contributed by atoms with Gasteiger partial charge in [0.25, 0.3) is 0 Å². The Balaban J connectivity index is 1.85. The van der Waals surface area contributed by atoms with Crippen LogP contribution in [-0.2, 0) is 9.53 Å². The van der Waals surface area contributed by atoms with Gasteiger partial charge in [0.15, 0.2) is 0 Å². The first kappa shape index (κ1) is 14.4. The summed E-state index contributed by atoms with van der Waals surface area (Å²) >= 11 is 0. The Morgan fingerprint density at radius 3 is 2.60 bits per heavy atom. The van der Waals surface area contributed by atoms with Gasteiger partial charge < -0.3 is 4.74 Å². The zero-order valence-electron chi connectivity index (χ0n) is 13.6. The van der Waals surface area contributed by atoms with E-state index in [-0.39, 0.29) is 17.0 Å². The Kier molecular flexibility index (Phi) is 3.42. The lowest BCUT2D eigenvalue weighted by molar-refractivity contribution is -0.190. The van der Waals surface area contributed by atoms with E-state index in [4.69, 9.17) is 4.74 Å². The van der Waals surface area contributed by atoms with Crippen LogP contribution in [0.25, 0.3) is 0 Å². The molecule has 2 nitrogen and oxygen atoms in total. The zero-order valence-corrected chi connectivity index (χ0v) is 13.6. The van der Waals surface area contributed by atoms with Gasteiger partial charge in [-0.25, -0.2) is 0 Å². The molecule has 0 aromatic carbocycles. The Morgan fingerprint density at radius 1 is 1.20 bits per heavy atom. The maximum absolute atomic E-state index is 12.6. The minimum absolute atomic E-state index is 0.0384. The van der Waals surface area contributed by atoms with Crippen molar-refractivity contribution in [1.29, 1.82) is 0 Å². The minimum atomic E-state index is -0.335. The van der Waals surface area contributed by atoms with Gasteiger partial charge >= 0.3 is 5.97 Å². The molecular formula is C18H30O2. The van der Waals surface area contributed by atoms with Gasteiger partial charge in [0.2, 0.25) is 0 Å². The standard InChI is InChI=1S/C18H30O2/c1-5-17(3,4)16(19)20-18(6-2)14-9-12-7-8-13(11-14)15(18)10-12/h12-15H,5-11H2,1-4H3. The van der Waals surface area contributed by atoms with Crippen LogP contribution in [0.1, 0.15) is 72.6 Å². The van der Waals surface area contributed by atoms with Crippen LogP contribution in [0.4, 0.5) is 0 Å². The molecule has 0 saturated heterocycles. The van der Waals surface area contributed by atoms with Crippen molar-refractivity contribution in [1.82, 2.24) is 0 Å². The van der Waals surface area contributed by atoms with E-state index in [0.717, 1.165) is 24.7 Å². The average molecular weight is 278 g/mol. The van der Waals surface area contributed by atoms with Crippen molar-refractivity contribution in [2.75, 3.05) is 0 Å². The molecule has 3 rings (SSSR count). The molecular weight excluding hydrogens is 248 g/mol. The van der Waals surface area contributed by atoms with Crippen molar-refractivity contribution < 1.29 is 9.53 Å². The Labute approximate surface area is 123 Å². The number of esters is 1. The third kappa shape index (κ3) is 1.94. The highest BCUT2D eigenvalue weighted by molar-refractivity contribution is 5.76. The topological polar surface area (TPSA) is 26.3 Å². The van der Waals surface area contributed by atoms with E-state index in [1.54, 1.807) is 0 Å². The van der Waals surface area contributed by atoms with Crippen molar-refractivity contribution in [2.24, 2.45) is 29.1 Å². The number of rotatable bonds is 4. The maximum Gasteiger partial charge on any atom is 0.312 e. The van der Waals surface area contributed by atoms with Gasteiger partial charge in [0.1, 0.15) is 5.60 Å². The molecule has 20 heavy (non-hydrogen) atoms. The molecule has 0 aromatic heterocycles. The minimum Gasteiger partial charge on any atom is -0.458 e. The fraction of sp³-hybridized carbons (Fsp3) is 0.944. The SMILES string of the molecule is CCC(C)(C)C(=O)OC1(CC)C2CC3CCC(C2)C1C3. The molecule has 0 aliphatic heterocycles. The Bertz CT molecular complexity index is 396. The number of carbonyl (C=O) groups excluding carboxylic acids is 1. The van der Waals surface area contributed by atoms with Crippen molar-refractivity contribution in [3.63, 3.8) is 0 Å². The molecule has 114 valence electrons. The van der Waals surface area contributed by atoms with Crippen molar-refractivity contribution in [2.45, 2.75) is 78.2 Å². The van der Waals surface area contributed by atoms with Gasteiger partial charge in [0.05, 0.1) is 5.41 Å². The first-order valence-electron chi connectivity index (χ1n) is 8.66. The summed E-state index contributed by atoms with van der Waals surface area (Å²) in [6, 6.07) is 0. The van der Waals surface area contributed by atoms with Crippen molar-refractivity contribution in [3.8, 4) is 0 Å². The molecule has 0 spiro atoms. The molecule has 0 radical (unpaired) electrons. The van der Waals surface area contributed by atoms with Crippen LogP contribution in [0.15, 0.2) is 0 Å². The summed E-state index contributed by atoms with van der Waals surface area (Å²) in [7, 11) is 0. The molecule has 2 heteroatoms. The number of ether oxygens (including phenoxy) is 1. The van der Waals surface area contributed by atoms with Crippen LogP contribution in [0.5, 0.6) is 0 Å². The number of hydrogen-bond donors (Lipinski definition) is 0. The van der Waals surface area contributed by atoms with E-state index < -0.39 is 0 Å². The van der Waals surface area contributed by atoms with E-state index >= 15 is 0 Å². The molecule has 5 unspecified atom stereocenters. The van der Waals surface area contributed by atoms with E-state index in [1.807, 2.05) is 13.8 Å². The highest BCUT2D eigenvalue weighted by Crippen LogP contribution is 2.62. The highest BCUT2D eigenvalue weighted by atomic mass is 16.6. The molecule has 0 amide bonds. The van der Waals surface area contributed by atoms with Gasteiger partial charge in [-0.15, -0.1) is 0 Å². The van der Waals surface area contributed by atoms with E-state index in [1.165, 1.54) is 32.1 Å². The third-order valence-corrected chi connectivity index (χ3v) is 6.90. The van der Waals surface area contributed by atoms with Crippen LogP contribution < -0.4 is 0 Å². The largest absolute Gasteiger partial charge is 0.458 e. The summed E-state index contributed by atoms with van der Waals surface area (Å²) in [5.41, 5.74) is -0.455. The Morgan fingerprint density at radius 2 is 1.95 bits per heavy atom. The maximum atomic E-state index is 12.6. The molecule has 3 bridgehead atoms. The van der Waals surface area contributed by atoms with Gasteiger partial charge in [-0.05, 0) is 70.1 Å². The smallest absolute Gasteiger partial charge is 0.312 e. The van der Waals surface area contributed by atoms with Gasteiger partial charge in [-0.3, -0.25) is 4.79 Å². The van der Waals surface area contributed by atoms with Crippen LogP contribution in [0, 0.1) is 29.1 Å². The normalized spacial score (nSPS) is 42.8. The highest BCUT2D eigenvalue weighted by Gasteiger charge is 2.61. The van der Waals surface area contributed by atoms with Gasteiger partial charge in [0, 0.05) is 5.92 Å². The molecule has 0 heterocycles. The number of hydrogen-bond acceptors (Lipinski definition) is 2. The van der Waals surface area contributed by atoms with Crippen molar-refractivity contribution in [3.05, 3.63) is 0 Å². The molecule has 0 N–H and O–H groups in total. The number of fused-ring (bicyclic) bond motifs is 2. The van der Waals surface area contributed by atoms with Gasteiger partial charge in [-0.1, -0.05) is 20.3 Å². The lowest BCUT2D eigenvalue weighted by Gasteiger charge is -2.49. The molecule has 3 aliphatic carbocycles. The van der Waals surface area contributed by atoms with E-state index in [2.05, 4.69) is 13.8 Å². The second-order valence-corrected chi connectivity index (χ2v) is 8.15. The molecule has 0 aromatic rings. The lowest BCUT2D eigenvalue weighted by atomic mass is 9.63. The summed E-state index contributed by atoms with van der Waals surface area (Å²) in [5.74, 6) is 3.08. The molecule has 3 aliphatic rings. The fourth-order valence-corrected chi connectivity index (χ4v) is 5.22. The quantitative estimate of drug-likeness (QED) is 0.704.